The van der Waals surface area contributed by atoms with E-state index < -0.39 is 0 Å². The summed E-state index contributed by atoms with van der Waals surface area (Å²) in [6.07, 6.45) is 2.37. The quantitative estimate of drug-likeness (QED) is 0.843. The Morgan fingerprint density at radius 1 is 1.12 bits per heavy atom. The monoisotopic (exact) mass is 325 g/mol. The van der Waals surface area contributed by atoms with Gasteiger partial charge in [0.1, 0.15) is 11.5 Å². The lowest BCUT2D eigenvalue weighted by Gasteiger charge is -2.30. The molecule has 0 N–H and O–H groups in total. The molecule has 0 aliphatic carbocycles. The normalized spacial score (nSPS) is 13.3. The summed E-state index contributed by atoms with van der Waals surface area (Å²) in [4.78, 5) is 14.7. The number of fused-ring (bicyclic) bond motifs is 1. The number of hydrogen-bond donors (Lipinski definition) is 0. The van der Waals surface area contributed by atoms with Crippen molar-refractivity contribution in [3.8, 4) is 11.5 Å². The minimum absolute atomic E-state index is 0.130. The van der Waals surface area contributed by atoms with Gasteiger partial charge in [-0.25, -0.2) is 0 Å². The molecule has 2 aromatic carbocycles. The van der Waals surface area contributed by atoms with Crippen molar-refractivity contribution in [3.63, 3.8) is 0 Å². The standard InChI is InChI=1S/C20H23NO3/c1-3-24-17-8-6-15(7-9-17)13-20(22)21-12-4-5-16-14-18(23-2)10-11-19(16)21/h6-11,14H,3-5,12-13H2,1-2H3. The van der Waals surface area contributed by atoms with E-state index >= 15 is 0 Å². The van der Waals surface area contributed by atoms with Crippen molar-refractivity contribution >= 4 is 11.6 Å². The number of anilines is 1. The van der Waals surface area contributed by atoms with E-state index in [4.69, 9.17) is 9.47 Å². The third kappa shape index (κ3) is 3.53. The second kappa shape index (κ2) is 7.39. The second-order valence-corrected chi connectivity index (χ2v) is 5.90. The van der Waals surface area contributed by atoms with Crippen molar-refractivity contribution in [1.29, 1.82) is 0 Å². The van der Waals surface area contributed by atoms with E-state index in [0.717, 1.165) is 42.1 Å². The van der Waals surface area contributed by atoms with Crippen LogP contribution >= 0.6 is 0 Å². The van der Waals surface area contributed by atoms with Crippen molar-refractivity contribution in [2.45, 2.75) is 26.2 Å². The van der Waals surface area contributed by atoms with Crippen LogP contribution in [-0.2, 0) is 17.6 Å². The summed E-state index contributed by atoms with van der Waals surface area (Å²) in [7, 11) is 1.67. The first-order valence-electron chi connectivity index (χ1n) is 8.40. The third-order valence-corrected chi connectivity index (χ3v) is 4.30. The minimum Gasteiger partial charge on any atom is -0.497 e. The fourth-order valence-electron chi connectivity index (χ4n) is 3.10. The second-order valence-electron chi connectivity index (χ2n) is 5.90. The maximum absolute atomic E-state index is 12.8. The van der Waals surface area contributed by atoms with Crippen molar-refractivity contribution < 1.29 is 14.3 Å². The SMILES string of the molecule is CCOc1ccc(CC(=O)N2CCCc3cc(OC)ccc32)cc1. The summed E-state index contributed by atoms with van der Waals surface area (Å²) in [6, 6.07) is 13.7. The average molecular weight is 325 g/mol. The van der Waals surface area contributed by atoms with E-state index in [1.165, 1.54) is 5.56 Å². The molecular formula is C20H23NO3. The fourth-order valence-corrected chi connectivity index (χ4v) is 3.10. The third-order valence-electron chi connectivity index (χ3n) is 4.30. The van der Waals surface area contributed by atoms with E-state index in [9.17, 15) is 4.79 Å². The highest BCUT2D eigenvalue weighted by Gasteiger charge is 2.22. The number of carbonyl (C=O) groups excluding carboxylic acids is 1. The molecule has 4 nitrogen and oxygen atoms in total. The summed E-state index contributed by atoms with van der Waals surface area (Å²) < 4.78 is 10.7. The maximum atomic E-state index is 12.8. The van der Waals surface area contributed by atoms with Crippen LogP contribution < -0.4 is 14.4 Å². The van der Waals surface area contributed by atoms with Crippen LogP contribution in [0, 0.1) is 0 Å². The van der Waals surface area contributed by atoms with Gasteiger partial charge in [-0.05, 0) is 61.2 Å². The molecule has 1 aliphatic heterocycles. The molecule has 0 spiro atoms. The van der Waals surface area contributed by atoms with Crippen molar-refractivity contribution in [2.24, 2.45) is 0 Å². The van der Waals surface area contributed by atoms with Gasteiger partial charge in [-0.3, -0.25) is 4.79 Å². The molecule has 1 amide bonds. The molecule has 0 fully saturated rings. The van der Waals surface area contributed by atoms with Gasteiger partial charge in [0.25, 0.3) is 0 Å². The number of benzene rings is 2. The molecule has 1 aliphatic rings. The predicted molar refractivity (Wildman–Crippen MR) is 95.0 cm³/mol. The van der Waals surface area contributed by atoms with E-state index in [-0.39, 0.29) is 5.91 Å². The van der Waals surface area contributed by atoms with Gasteiger partial charge in [0.05, 0.1) is 20.1 Å². The van der Waals surface area contributed by atoms with Crippen LogP contribution in [0.15, 0.2) is 42.5 Å². The first-order chi connectivity index (χ1) is 11.7. The van der Waals surface area contributed by atoms with Crippen molar-refractivity contribution in [1.82, 2.24) is 0 Å². The molecule has 24 heavy (non-hydrogen) atoms. The topological polar surface area (TPSA) is 38.8 Å². The summed E-state index contributed by atoms with van der Waals surface area (Å²) in [6.45, 7) is 3.38. The van der Waals surface area contributed by atoms with Gasteiger partial charge in [-0.15, -0.1) is 0 Å². The molecule has 0 bridgehead atoms. The van der Waals surface area contributed by atoms with Crippen LogP contribution in [0.5, 0.6) is 11.5 Å². The smallest absolute Gasteiger partial charge is 0.231 e. The molecule has 126 valence electrons. The molecule has 0 saturated heterocycles. The largest absolute Gasteiger partial charge is 0.497 e. The van der Waals surface area contributed by atoms with E-state index in [1.54, 1.807) is 7.11 Å². The Hall–Kier alpha value is -2.49. The summed E-state index contributed by atoms with van der Waals surface area (Å²) in [5.41, 5.74) is 3.20. The minimum atomic E-state index is 0.130. The molecule has 4 heteroatoms. The first-order valence-corrected chi connectivity index (χ1v) is 8.40. The van der Waals surface area contributed by atoms with Gasteiger partial charge in [0.15, 0.2) is 0 Å². The molecular weight excluding hydrogens is 302 g/mol. The van der Waals surface area contributed by atoms with Gasteiger partial charge in [0.2, 0.25) is 5.91 Å². The average Bonchev–Trinajstić information content (AvgIpc) is 2.62. The molecule has 0 aromatic heterocycles. The summed E-state index contributed by atoms with van der Waals surface area (Å²) in [5, 5.41) is 0. The number of amides is 1. The highest BCUT2D eigenvalue weighted by molar-refractivity contribution is 5.96. The number of rotatable bonds is 5. The lowest BCUT2D eigenvalue weighted by atomic mass is 10.0. The number of carbonyl (C=O) groups is 1. The van der Waals surface area contributed by atoms with Gasteiger partial charge in [-0.2, -0.15) is 0 Å². The van der Waals surface area contributed by atoms with Crippen LogP contribution in [-0.4, -0.2) is 26.2 Å². The van der Waals surface area contributed by atoms with E-state index in [1.807, 2.05) is 54.3 Å². The zero-order chi connectivity index (χ0) is 16.9. The highest BCUT2D eigenvalue weighted by Crippen LogP contribution is 2.31. The Kier molecular flexibility index (Phi) is 5.04. The van der Waals surface area contributed by atoms with Crippen molar-refractivity contribution in [2.75, 3.05) is 25.2 Å². The first kappa shape index (κ1) is 16.4. The van der Waals surface area contributed by atoms with Crippen molar-refractivity contribution in [3.05, 3.63) is 53.6 Å². The molecule has 0 radical (unpaired) electrons. The zero-order valence-electron chi connectivity index (χ0n) is 14.2. The summed E-state index contributed by atoms with van der Waals surface area (Å²) in [5.74, 6) is 1.81. The lowest BCUT2D eigenvalue weighted by molar-refractivity contribution is -0.118. The van der Waals surface area contributed by atoms with E-state index in [2.05, 4.69) is 0 Å². The van der Waals surface area contributed by atoms with Crippen LogP contribution in [0.4, 0.5) is 5.69 Å². The van der Waals surface area contributed by atoms with Gasteiger partial charge < -0.3 is 14.4 Å². The van der Waals surface area contributed by atoms with Gasteiger partial charge in [0, 0.05) is 12.2 Å². The molecule has 2 aromatic rings. The van der Waals surface area contributed by atoms with Crippen LogP contribution in [0.1, 0.15) is 24.5 Å². The zero-order valence-corrected chi connectivity index (χ0v) is 14.2. The summed E-state index contributed by atoms with van der Waals surface area (Å²) >= 11 is 0. The van der Waals surface area contributed by atoms with E-state index in [0.29, 0.717) is 13.0 Å². The van der Waals surface area contributed by atoms with Crippen LogP contribution in [0.2, 0.25) is 0 Å². The Bertz CT molecular complexity index is 709. The Labute approximate surface area is 143 Å². The Morgan fingerprint density at radius 3 is 2.58 bits per heavy atom. The van der Waals surface area contributed by atoms with Gasteiger partial charge >= 0.3 is 0 Å². The number of methoxy groups -OCH3 is 1. The molecule has 1 heterocycles. The predicted octanol–water partition coefficient (Wildman–Crippen LogP) is 3.62. The molecule has 0 unspecified atom stereocenters. The number of hydrogen-bond acceptors (Lipinski definition) is 3. The maximum Gasteiger partial charge on any atom is 0.231 e. The lowest BCUT2D eigenvalue weighted by Crippen LogP contribution is -2.36. The van der Waals surface area contributed by atoms with Crippen LogP contribution in [0.25, 0.3) is 0 Å². The molecule has 3 rings (SSSR count). The number of ether oxygens (including phenoxy) is 2. The number of aryl methyl sites for hydroxylation is 1. The molecule has 0 saturated carbocycles. The highest BCUT2D eigenvalue weighted by atomic mass is 16.5. The number of nitrogens with zero attached hydrogens (tertiary/aromatic N) is 1. The Balaban J connectivity index is 1.74. The molecule has 0 atom stereocenters. The Morgan fingerprint density at radius 2 is 1.88 bits per heavy atom. The fraction of sp³-hybridized carbons (Fsp3) is 0.350. The van der Waals surface area contributed by atoms with Gasteiger partial charge in [-0.1, -0.05) is 12.1 Å². The van der Waals surface area contributed by atoms with Crippen LogP contribution in [0.3, 0.4) is 0 Å².